The molecule has 0 fully saturated rings. The van der Waals surface area contributed by atoms with Gasteiger partial charge in [0, 0.05) is 5.54 Å². The van der Waals surface area contributed by atoms with E-state index in [2.05, 4.69) is 9.97 Å². The van der Waals surface area contributed by atoms with Crippen molar-refractivity contribution in [3.8, 4) is 0 Å². The van der Waals surface area contributed by atoms with Gasteiger partial charge in [-0.2, -0.15) is 0 Å². The lowest BCUT2D eigenvalue weighted by Crippen LogP contribution is -2.40. The van der Waals surface area contributed by atoms with Crippen molar-refractivity contribution in [1.29, 1.82) is 0 Å². The number of H-pyrrole nitrogens is 1. The monoisotopic (exact) mass is 267 g/mol. The van der Waals surface area contributed by atoms with E-state index in [1.807, 2.05) is 25.3 Å². The number of nitrogens with zero attached hydrogens (tertiary/aromatic N) is 1. The maximum absolute atomic E-state index is 11.7. The van der Waals surface area contributed by atoms with Crippen LogP contribution < -0.4 is 11.3 Å². The Morgan fingerprint density at radius 2 is 2.39 bits per heavy atom. The zero-order valence-electron chi connectivity index (χ0n) is 10.5. The van der Waals surface area contributed by atoms with Gasteiger partial charge >= 0.3 is 0 Å². The molecule has 0 aliphatic carbocycles. The number of hydrogen-bond donors (Lipinski definition) is 2. The number of hydrogen-bond acceptors (Lipinski definition) is 5. The van der Waals surface area contributed by atoms with Crippen LogP contribution in [0.4, 0.5) is 0 Å². The Balaban J connectivity index is 2.06. The number of thiophene rings is 1. The van der Waals surface area contributed by atoms with E-state index < -0.39 is 0 Å². The van der Waals surface area contributed by atoms with Crippen LogP contribution >= 0.6 is 11.3 Å². The predicted octanol–water partition coefficient (Wildman–Crippen LogP) is 1.63. The standard InChI is InChI=1S/C12H17N3O2S/c1-3-12(2,13)7-17-6-9-14-8-4-5-18-10(8)11(16)15-9/h4-5H,3,6-7,13H2,1-2H3,(H,14,15,16). The van der Waals surface area contributed by atoms with Gasteiger partial charge in [-0.05, 0) is 24.8 Å². The van der Waals surface area contributed by atoms with Crippen LogP contribution in [-0.2, 0) is 11.3 Å². The van der Waals surface area contributed by atoms with Crippen LogP contribution in [0, 0.1) is 0 Å². The minimum Gasteiger partial charge on any atom is -0.372 e. The molecule has 0 amide bonds. The van der Waals surface area contributed by atoms with Crippen LogP contribution in [0.25, 0.3) is 10.2 Å². The maximum Gasteiger partial charge on any atom is 0.268 e. The molecule has 1 atom stereocenters. The van der Waals surface area contributed by atoms with Gasteiger partial charge in [-0.25, -0.2) is 4.98 Å². The van der Waals surface area contributed by atoms with Gasteiger partial charge in [0.25, 0.3) is 5.56 Å². The largest absolute Gasteiger partial charge is 0.372 e. The zero-order chi connectivity index (χ0) is 13.2. The Kier molecular flexibility index (Phi) is 3.79. The summed E-state index contributed by atoms with van der Waals surface area (Å²) in [6.07, 6.45) is 0.834. The summed E-state index contributed by atoms with van der Waals surface area (Å²) in [5.74, 6) is 0.540. The number of rotatable bonds is 5. The molecule has 0 radical (unpaired) electrons. The molecule has 5 nitrogen and oxygen atoms in total. The summed E-state index contributed by atoms with van der Waals surface area (Å²) in [5, 5.41) is 1.85. The summed E-state index contributed by atoms with van der Waals surface area (Å²) in [5.41, 5.74) is 6.23. The third kappa shape index (κ3) is 2.95. The van der Waals surface area contributed by atoms with E-state index in [0.29, 0.717) is 22.6 Å². The lowest BCUT2D eigenvalue weighted by atomic mass is 10.0. The molecule has 0 saturated carbocycles. The molecular formula is C12H17N3O2S. The number of aromatic amines is 1. The first kappa shape index (κ1) is 13.2. The van der Waals surface area contributed by atoms with Crippen molar-refractivity contribution in [1.82, 2.24) is 9.97 Å². The number of ether oxygens (including phenoxy) is 1. The molecule has 6 heteroatoms. The lowest BCUT2D eigenvalue weighted by Gasteiger charge is -2.21. The van der Waals surface area contributed by atoms with Gasteiger partial charge in [0.15, 0.2) is 0 Å². The van der Waals surface area contributed by atoms with Gasteiger partial charge in [-0.3, -0.25) is 4.79 Å². The van der Waals surface area contributed by atoms with Gasteiger partial charge in [0.1, 0.15) is 17.1 Å². The predicted molar refractivity (Wildman–Crippen MR) is 72.8 cm³/mol. The summed E-state index contributed by atoms with van der Waals surface area (Å²) in [6.45, 7) is 4.66. The molecule has 3 N–H and O–H groups in total. The Hall–Kier alpha value is -1.24. The highest BCUT2D eigenvalue weighted by molar-refractivity contribution is 7.17. The normalized spacial score (nSPS) is 14.8. The van der Waals surface area contributed by atoms with Gasteiger partial charge in [0.05, 0.1) is 12.1 Å². The van der Waals surface area contributed by atoms with Crippen molar-refractivity contribution < 1.29 is 4.74 Å². The molecule has 0 bridgehead atoms. The zero-order valence-corrected chi connectivity index (χ0v) is 11.3. The Labute approximate surface area is 109 Å². The molecule has 1 unspecified atom stereocenters. The van der Waals surface area contributed by atoms with Gasteiger partial charge in [0.2, 0.25) is 0 Å². The smallest absolute Gasteiger partial charge is 0.268 e. The highest BCUT2D eigenvalue weighted by Crippen LogP contribution is 2.14. The first-order valence-corrected chi connectivity index (χ1v) is 6.73. The van der Waals surface area contributed by atoms with Gasteiger partial charge in [-0.15, -0.1) is 11.3 Å². The second-order valence-corrected chi connectivity index (χ2v) is 5.56. The van der Waals surface area contributed by atoms with Crippen LogP contribution in [0.1, 0.15) is 26.1 Å². The van der Waals surface area contributed by atoms with Crippen LogP contribution in [0.15, 0.2) is 16.2 Å². The first-order chi connectivity index (χ1) is 8.52. The first-order valence-electron chi connectivity index (χ1n) is 5.85. The van der Waals surface area contributed by atoms with E-state index >= 15 is 0 Å². The summed E-state index contributed by atoms with van der Waals surface area (Å²) >= 11 is 1.39. The Morgan fingerprint density at radius 1 is 1.61 bits per heavy atom. The average molecular weight is 267 g/mol. The van der Waals surface area contributed by atoms with Crippen molar-refractivity contribution in [2.45, 2.75) is 32.4 Å². The van der Waals surface area contributed by atoms with Gasteiger partial charge in [-0.1, -0.05) is 6.92 Å². The van der Waals surface area contributed by atoms with Crippen molar-refractivity contribution in [3.05, 3.63) is 27.6 Å². The minimum absolute atomic E-state index is 0.111. The summed E-state index contributed by atoms with van der Waals surface area (Å²) in [6, 6.07) is 1.83. The fourth-order valence-electron chi connectivity index (χ4n) is 1.47. The van der Waals surface area contributed by atoms with Crippen LogP contribution in [0.2, 0.25) is 0 Å². The van der Waals surface area contributed by atoms with E-state index in [4.69, 9.17) is 10.5 Å². The highest BCUT2D eigenvalue weighted by Gasteiger charge is 2.15. The molecule has 18 heavy (non-hydrogen) atoms. The molecule has 0 spiro atoms. The van der Waals surface area contributed by atoms with Crippen molar-refractivity contribution in [3.63, 3.8) is 0 Å². The summed E-state index contributed by atoms with van der Waals surface area (Å²) in [7, 11) is 0. The molecule has 98 valence electrons. The summed E-state index contributed by atoms with van der Waals surface area (Å²) in [4.78, 5) is 18.8. The van der Waals surface area contributed by atoms with E-state index in [1.165, 1.54) is 11.3 Å². The lowest BCUT2D eigenvalue weighted by molar-refractivity contribution is 0.0736. The van der Waals surface area contributed by atoms with Crippen molar-refractivity contribution in [2.75, 3.05) is 6.61 Å². The number of nitrogens with two attached hydrogens (primary N) is 1. The number of aromatic nitrogens is 2. The van der Waals surface area contributed by atoms with E-state index in [1.54, 1.807) is 0 Å². The molecule has 2 heterocycles. The third-order valence-corrected chi connectivity index (χ3v) is 3.74. The third-order valence-electron chi connectivity index (χ3n) is 2.84. The molecule has 0 aromatic carbocycles. The minimum atomic E-state index is -0.340. The number of nitrogens with one attached hydrogen (secondary N) is 1. The highest BCUT2D eigenvalue weighted by atomic mass is 32.1. The average Bonchev–Trinajstić information content (AvgIpc) is 2.77. The summed E-state index contributed by atoms with van der Waals surface area (Å²) < 4.78 is 6.15. The van der Waals surface area contributed by atoms with Crippen molar-refractivity contribution in [2.24, 2.45) is 5.73 Å². The number of fused-ring (bicyclic) bond motifs is 1. The molecule has 2 aromatic rings. The molecule has 2 aromatic heterocycles. The van der Waals surface area contributed by atoms with Crippen LogP contribution in [0.3, 0.4) is 0 Å². The van der Waals surface area contributed by atoms with Gasteiger partial charge < -0.3 is 15.5 Å². The quantitative estimate of drug-likeness (QED) is 0.862. The molecule has 0 aliphatic heterocycles. The van der Waals surface area contributed by atoms with E-state index in [0.717, 1.165) is 6.42 Å². The molecule has 0 saturated heterocycles. The van der Waals surface area contributed by atoms with E-state index in [9.17, 15) is 4.79 Å². The van der Waals surface area contributed by atoms with Crippen molar-refractivity contribution >= 4 is 21.6 Å². The molecule has 2 rings (SSSR count). The fraction of sp³-hybridized carbons (Fsp3) is 0.500. The topological polar surface area (TPSA) is 81.0 Å². The second kappa shape index (κ2) is 5.17. The SMILES string of the molecule is CCC(C)(N)COCc1nc2ccsc2c(=O)[nH]1. The fourth-order valence-corrected chi connectivity index (χ4v) is 2.20. The molecule has 0 aliphatic rings. The van der Waals surface area contributed by atoms with E-state index in [-0.39, 0.29) is 17.7 Å². The van der Waals surface area contributed by atoms with Crippen LogP contribution in [0.5, 0.6) is 0 Å². The Morgan fingerprint density at radius 3 is 3.11 bits per heavy atom. The molecular weight excluding hydrogens is 250 g/mol. The maximum atomic E-state index is 11.7. The Bertz CT molecular complexity index is 588. The second-order valence-electron chi connectivity index (χ2n) is 4.65. The van der Waals surface area contributed by atoms with Crippen LogP contribution in [-0.4, -0.2) is 22.1 Å².